The van der Waals surface area contributed by atoms with E-state index in [1.165, 1.54) is 19.3 Å². The van der Waals surface area contributed by atoms with Crippen molar-refractivity contribution in [2.24, 2.45) is 17.8 Å². The van der Waals surface area contributed by atoms with Crippen LogP contribution in [0.3, 0.4) is 0 Å². The summed E-state index contributed by atoms with van der Waals surface area (Å²) in [5.74, 6) is 0.756. The second kappa shape index (κ2) is 7.69. The van der Waals surface area contributed by atoms with Gasteiger partial charge in [-0.15, -0.1) is 0 Å². The molecule has 5 aliphatic rings. The molecule has 2 unspecified atom stereocenters. The topological polar surface area (TPSA) is 71.1 Å². The lowest BCUT2D eigenvalue weighted by atomic mass is 9.54. The molecule has 1 saturated heterocycles. The van der Waals surface area contributed by atoms with Gasteiger partial charge in [-0.3, -0.25) is 4.79 Å². The van der Waals surface area contributed by atoms with E-state index in [4.69, 9.17) is 18.9 Å². The van der Waals surface area contributed by atoms with Crippen molar-refractivity contribution in [2.75, 3.05) is 6.61 Å². The normalized spacial score (nSPS) is 39.8. The van der Waals surface area contributed by atoms with Crippen LogP contribution in [0.4, 0.5) is 0 Å². The largest absolute Gasteiger partial charge is 0.460 e. The van der Waals surface area contributed by atoms with Crippen LogP contribution < -0.4 is 0 Å². The van der Waals surface area contributed by atoms with Crippen molar-refractivity contribution in [3.8, 4) is 0 Å². The van der Waals surface area contributed by atoms with Gasteiger partial charge in [-0.05, 0) is 77.0 Å². The first-order valence-electron chi connectivity index (χ1n) is 11.0. The standard InChI is InChI=1S/C23H34O6/c1-14(2)21(25)26-13-19-8-18(27-22(3,4)28-19)9-20(24)29-23-10-15-5-16(11-23)7-17(6-15)12-23/h15-19H,1,5-13H2,2-4H3. The minimum absolute atomic E-state index is 0.124. The van der Waals surface area contributed by atoms with Crippen LogP contribution in [0.1, 0.15) is 72.1 Å². The van der Waals surface area contributed by atoms with E-state index >= 15 is 0 Å². The fourth-order valence-electron chi connectivity index (χ4n) is 6.36. The summed E-state index contributed by atoms with van der Waals surface area (Å²) in [6.07, 6.45) is 7.12. The Labute approximate surface area is 173 Å². The summed E-state index contributed by atoms with van der Waals surface area (Å²) in [5.41, 5.74) is 0.121. The lowest BCUT2D eigenvalue weighted by Gasteiger charge is -2.55. The van der Waals surface area contributed by atoms with E-state index in [1.54, 1.807) is 6.92 Å². The fourth-order valence-corrected chi connectivity index (χ4v) is 6.36. The van der Waals surface area contributed by atoms with E-state index in [2.05, 4.69) is 6.58 Å². The van der Waals surface area contributed by atoms with Gasteiger partial charge in [0, 0.05) is 12.0 Å². The van der Waals surface area contributed by atoms with Crippen molar-refractivity contribution in [1.29, 1.82) is 0 Å². The first-order chi connectivity index (χ1) is 13.6. The minimum Gasteiger partial charge on any atom is -0.460 e. The van der Waals surface area contributed by atoms with Crippen LogP contribution in [0.2, 0.25) is 0 Å². The summed E-state index contributed by atoms with van der Waals surface area (Å²) < 4.78 is 23.2. The maximum absolute atomic E-state index is 12.8. The van der Waals surface area contributed by atoms with Crippen LogP contribution in [-0.2, 0) is 28.5 Å². The van der Waals surface area contributed by atoms with Gasteiger partial charge < -0.3 is 18.9 Å². The number of hydrogen-bond donors (Lipinski definition) is 0. The van der Waals surface area contributed by atoms with E-state index in [-0.39, 0.29) is 36.8 Å². The van der Waals surface area contributed by atoms with Crippen molar-refractivity contribution >= 4 is 11.9 Å². The fraction of sp³-hybridized carbons (Fsp3) is 0.826. The molecule has 1 aliphatic heterocycles. The van der Waals surface area contributed by atoms with Gasteiger partial charge in [0.1, 0.15) is 12.2 Å². The van der Waals surface area contributed by atoms with Crippen LogP contribution in [0, 0.1) is 17.8 Å². The lowest BCUT2D eigenvalue weighted by molar-refractivity contribution is -0.305. The second-order valence-electron chi connectivity index (χ2n) is 10.3. The molecule has 0 aromatic carbocycles. The molecule has 5 fully saturated rings. The van der Waals surface area contributed by atoms with Crippen molar-refractivity contribution in [3.05, 3.63) is 12.2 Å². The molecule has 5 rings (SSSR count). The van der Waals surface area contributed by atoms with Crippen LogP contribution in [-0.4, -0.2) is 42.1 Å². The van der Waals surface area contributed by atoms with E-state index < -0.39 is 11.8 Å². The molecule has 2 atom stereocenters. The van der Waals surface area contributed by atoms with Gasteiger partial charge in [-0.1, -0.05) is 6.58 Å². The van der Waals surface area contributed by atoms with Crippen molar-refractivity contribution in [3.63, 3.8) is 0 Å². The highest BCUT2D eigenvalue weighted by molar-refractivity contribution is 5.86. The summed E-state index contributed by atoms with van der Waals surface area (Å²) in [7, 11) is 0. The molecular weight excluding hydrogens is 372 g/mol. The molecular formula is C23H34O6. The molecule has 162 valence electrons. The van der Waals surface area contributed by atoms with E-state index in [9.17, 15) is 9.59 Å². The molecule has 29 heavy (non-hydrogen) atoms. The second-order valence-corrected chi connectivity index (χ2v) is 10.3. The Morgan fingerprint density at radius 1 is 0.966 bits per heavy atom. The zero-order chi connectivity index (χ0) is 20.8. The number of hydrogen-bond acceptors (Lipinski definition) is 6. The Bertz CT molecular complexity index is 646. The maximum Gasteiger partial charge on any atom is 0.333 e. The number of rotatable bonds is 6. The third-order valence-electron chi connectivity index (χ3n) is 6.88. The first-order valence-corrected chi connectivity index (χ1v) is 11.0. The molecule has 0 aromatic heterocycles. The molecule has 0 amide bonds. The number of ether oxygens (including phenoxy) is 4. The van der Waals surface area contributed by atoms with Crippen molar-refractivity contribution < 1.29 is 28.5 Å². The molecule has 4 bridgehead atoms. The van der Waals surface area contributed by atoms with Crippen LogP contribution in [0.25, 0.3) is 0 Å². The SMILES string of the molecule is C=C(C)C(=O)OCC1CC(CC(=O)OC23CC4CC(CC(C4)C2)C3)OC(C)(C)O1. The Hall–Kier alpha value is -1.40. The third kappa shape index (κ3) is 4.85. The highest BCUT2D eigenvalue weighted by Gasteiger charge is 2.53. The Morgan fingerprint density at radius 3 is 2.07 bits per heavy atom. The van der Waals surface area contributed by atoms with Crippen LogP contribution >= 0.6 is 0 Å². The van der Waals surface area contributed by atoms with Gasteiger partial charge in [-0.2, -0.15) is 0 Å². The van der Waals surface area contributed by atoms with Gasteiger partial charge in [0.05, 0.1) is 18.6 Å². The van der Waals surface area contributed by atoms with Gasteiger partial charge in [0.2, 0.25) is 0 Å². The molecule has 0 aromatic rings. The van der Waals surface area contributed by atoms with E-state index in [0.717, 1.165) is 37.0 Å². The Kier molecular flexibility index (Phi) is 5.53. The monoisotopic (exact) mass is 406 g/mol. The predicted molar refractivity (Wildman–Crippen MR) is 106 cm³/mol. The average Bonchev–Trinajstić information content (AvgIpc) is 2.56. The zero-order valence-electron chi connectivity index (χ0n) is 17.9. The maximum atomic E-state index is 12.8. The lowest BCUT2D eigenvalue weighted by Crippen LogP contribution is -2.53. The van der Waals surface area contributed by atoms with Gasteiger partial charge in [0.15, 0.2) is 5.79 Å². The highest BCUT2D eigenvalue weighted by Crippen LogP contribution is 2.57. The van der Waals surface area contributed by atoms with E-state index in [0.29, 0.717) is 12.0 Å². The average molecular weight is 407 g/mol. The molecule has 4 aliphatic carbocycles. The highest BCUT2D eigenvalue weighted by atomic mass is 16.7. The molecule has 6 heteroatoms. The smallest absolute Gasteiger partial charge is 0.333 e. The number of esters is 2. The van der Waals surface area contributed by atoms with Gasteiger partial charge in [0.25, 0.3) is 0 Å². The molecule has 0 spiro atoms. The quantitative estimate of drug-likeness (QED) is 0.492. The minimum atomic E-state index is -0.843. The summed E-state index contributed by atoms with van der Waals surface area (Å²) in [4.78, 5) is 24.5. The van der Waals surface area contributed by atoms with Crippen molar-refractivity contribution in [1.82, 2.24) is 0 Å². The molecule has 6 nitrogen and oxygen atoms in total. The molecule has 1 heterocycles. The molecule has 4 saturated carbocycles. The molecule has 0 radical (unpaired) electrons. The number of carbonyl (C=O) groups is 2. The first kappa shape index (κ1) is 20.9. The summed E-state index contributed by atoms with van der Waals surface area (Å²) in [5, 5.41) is 0. The Balaban J connectivity index is 1.32. The molecule has 0 N–H and O–H groups in total. The predicted octanol–water partition coefficient (Wildman–Crippen LogP) is 3.92. The van der Waals surface area contributed by atoms with Crippen LogP contribution in [0.5, 0.6) is 0 Å². The number of carbonyl (C=O) groups excluding carboxylic acids is 2. The Morgan fingerprint density at radius 2 is 1.52 bits per heavy atom. The summed E-state index contributed by atoms with van der Waals surface area (Å²) >= 11 is 0. The van der Waals surface area contributed by atoms with Gasteiger partial charge >= 0.3 is 11.9 Å². The third-order valence-corrected chi connectivity index (χ3v) is 6.88. The van der Waals surface area contributed by atoms with Crippen LogP contribution in [0.15, 0.2) is 12.2 Å². The van der Waals surface area contributed by atoms with E-state index in [1.807, 2.05) is 13.8 Å². The van der Waals surface area contributed by atoms with Crippen molar-refractivity contribution in [2.45, 2.75) is 95.7 Å². The van der Waals surface area contributed by atoms with Gasteiger partial charge in [-0.25, -0.2) is 4.79 Å². The zero-order valence-corrected chi connectivity index (χ0v) is 17.9. The summed E-state index contributed by atoms with van der Waals surface area (Å²) in [6, 6.07) is 0. The summed E-state index contributed by atoms with van der Waals surface area (Å²) in [6.45, 7) is 8.96.